The van der Waals surface area contributed by atoms with Gasteiger partial charge in [0.25, 0.3) is 0 Å². The number of carbonyl (C=O) groups excluding carboxylic acids is 2. The summed E-state index contributed by atoms with van der Waals surface area (Å²) in [6.45, 7) is 1.20. The Morgan fingerprint density at radius 2 is 2.05 bits per heavy atom. The van der Waals surface area contributed by atoms with E-state index in [-0.39, 0.29) is 23.4 Å². The van der Waals surface area contributed by atoms with E-state index in [2.05, 4.69) is 0 Å². The fraction of sp³-hybridized carbons (Fsp3) is 0.875. The number of aliphatic hydroxyl groups is 2. The van der Waals surface area contributed by atoms with E-state index in [1.165, 1.54) is 0 Å². The SMILES string of the molecule is O=C1C[C@@H]2C[C@H]3C(=O)[C@]4(O)N5CCC[C@]13[C@@]4(C2)[C@@H](O)CC5. The van der Waals surface area contributed by atoms with Crippen LogP contribution in [0.2, 0.25) is 0 Å². The Bertz CT molecular complexity index is 577. The van der Waals surface area contributed by atoms with Gasteiger partial charge in [-0.25, -0.2) is 0 Å². The van der Waals surface area contributed by atoms with Crippen molar-refractivity contribution < 1.29 is 19.8 Å². The molecular weight excluding hydrogens is 270 g/mol. The molecule has 7 atom stereocenters. The lowest BCUT2D eigenvalue weighted by molar-refractivity contribution is -0.266. The molecule has 4 saturated carbocycles. The molecule has 5 heteroatoms. The summed E-state index contributed by atoms with van der Waals surface area (Å²) >= 11 is 0. The Hall–Kier alpha value is -0.780. The normalized spacial score (nSPS) is 61.0. The minimum absolute atomic E-state index is 0.141. The molecule has 6 rings (SSSR count). The second-order valence-corrected chi connectivity index (χ2v) is 7.86. The van der Waals surface area contributed by atoms with Gasteiger partial charge >= 0.3 is 0 Å². The Kier molecular flexibility index (Phi) is 2.07. The molecule has 6 aliphatic rings. The molecule has 114 valence electrons. The molecule has 5 nitrogen and oxygen atoms in total. The van der Waals surface area contributed by atoms with Gasteiger partial charge in [-0.05, 0) is 38.0 Å². The van der Waals surface area contributed by atoms with Gasteiger partial charge in [-0.2, -0.15) is 0 Å². The highest BCUT2D eigenvalue weighted by Gasteiger charge is 2.86. The number of rotatable bonds is 0. The monoisotopic (exact) mass is 291 g/mol. The number of carbonyl (C=O) groups is 2. The van der Waals surface area contributed by atoms with Crippen molar-refractivity contribution in [1.82, 2.24) is 4.90 Å². The predicted octanol–water partition coefficient (Wildman–Crippen LogP) is 0.0899. The van der Waals surface area contributed by atoms with Crippen LogP contribution in [0.5, 0.6) is 0 Å². The van der Waals surface area contributed by atoms with Crippen molar-refractivity contribution in [2.24, 2.45) is 22.7 Å². The Morgan fingerprint density at radius 3 is 2.86 bits per heavy atom. The second kappa shape index (κ2) is 3.42. The lowest BCUT2D eigenvalue weighted by atomic mass is 9.42. The number of aliphatic hydroxyl groups excluding tert-OH is 1. The first kappa shape index (κ1) is 12.7. The van der Waals surface area contributed by atoms with Crippen LogP contribution >= 0.6 is 0 Å². The molecule has 2 heterocycles. The Balaban J connectivity index is 1.88. The van der Waals surface area contributed by atoms with Crippen molar-refractivity contribution in [3.63, 3.8) is 0 Å². The summed E-state index contributed by atoms with van der Waals surface area (Å²) in [5.41, 5.74) is -3.33. The molecule has 2 saturated heterocycles. The summed E-state index contributed by atoms with van der Waals surface area (Å²) in [4.78, 5) is 27.9. The standard InChI is InChI=1S/C16H21NO4/c18-11-2-5-17-4-1-3-14-10-6-9(7-12(14)19)8-15(11,14)16(17,21)13(10)20/h9-11,18,21H,1-8H2/t9-,10-,11-,14+,15+,16+/m0/s1. The Morgan fingerprint density at radius 1 is 1.24 bits per heavy atom. The van der Waals surface area contributed by atoms with E-state index in [4.69, 9.17) is 0 Å². The first-order chi connectivity index (χ1) is 9.98. The molecule has 0 aromatic carbocycles. The van der Waals surface area contributed by atoms with Crippen molar-refractivity contribution in [2.75, 3.05) is 13.1 Å². The molecule has 2 N–H and O–H groups in total. The smallest absolute Gasteiger partial charge is 0.187 e. The van der Waals surface area contributed by atoms with Crippen LogP contribution in [0.4, 0.5) is 0 Å². The number of hydrogen-bond donors (Lipinski definition) is 2. The molecule has 1 unspecified atom stereocenters. The number of fused-ring (bicyclic) bond motifs is 1. The molecule has 6 bridgehead atoms. The number of Topliss-reactive ketones (excluding diaryl/α,β-unsaturated/α-hetero) is 2. The number of hydrogen-bond acceptors (Lipinski definition) is 5. The highest BCUT2D eigenvalue weighted by molar-refractivity contribution is 6.04. The van der Waals surface area contributed by atoms with Crippen LogP contribution in [-0.4, -0.2) is 51.6 Å². The van der Waals surface area contributed by atoms with E-state index >= 15 is 0 Å². The maximum atomic E-state index is 13.1. The quantitative estimate of drug-likeness (QED) is 0.661. The molecule has 2 spiro atoms. The van der Waals surface area contributed by atoms with Crippen LogP contribution in [0, 0.1) is 22.7 Å². The first-order valence-corrected chi connectivity index (χ1v) is 8.21. The van der Waals surface area contributed by atoms with Crippen molar-refractivity contribution in [3.05, 3.63) is 0 Å². The predicted molar refractivity (Wildman–Crippen MR) is 72.1 cm³/mol. The number of piperidine rings is 1. The number of nitrogens with zero attached hydrogens (tertiary/aromatic N) is 1. The van der Waals surface area contributed by atoms with Crippen LogP contribution in [0.3, 0.4) is 0 Å². The van der Waals surface area contributed by atoms with Crippen molar-refractivity contribution in [3.8, 4) is 0 Å². The highest BCUT2D eigenvalue weighted by Crippen LogP contribution is 2.76. The fourth-order valence-electron chi connectivity index (χ4n) is 7.01. The molecule has 21 heavy (non-hydrogen) atoms. The zero-order valence-electron chi connectivity index (χ0n) is 12.0. The maximum Gasteiger partial charge on any atom is 0.187 e. The van der Waals surface area contributed by atoms with E-state index in [9.17, 15) is 19.8 Å². The summed E-state index contributed by atoms with van der Waals surface area (Å²) < 4.78 is 0. The van der Waals surface area contributed by atoms with Crippen LogP contribution in [0.25, 0.3) is 0 Å². The van der Waals surface area contributed by atoms with Crippen LogP contribution in [-0.2, 0) is 9.59 Å². The maximum absolute atomic E-state index is 13.1. The molecule has 0 aromatic heterocycles. The molecule has 0 aromatic rings. The molecular formula is C16H21NO4. The largest absolute Gasteiger partial charge is 0.392 e. The third-order valence-corrected chi connectivity index (χ3v) is 7.52. The van der Waals surface area contributed by atoms with Crippen molar-refractivity contribution >= 4 is 11.6 Å². The van der Waals surface area contributed by atoms with E-state index in [1.807, 2.05) is 4.90 Å². The third kappa shape index (κ3) is 0.981. The average molecular weight is 291 g/mol. The summed E-state index contributed by atoms with van der Waals surface area (Å²) in [6.07, 6.45) is 3.21. The van der Waals surface area contributed by atoms with Gasteiger partial charge in [-0.15, -0.1) is 0 Å². The van der Waals surface area contributed by atoms with Gasteiger partial charge in [0.1, 0.15) is 5.78 Å². The molecule has 2 aliphatic heterocycles. The van der Waals surface area contributed by atoms with Gasteiger partial charge in [-0.1, -0.05) is 0 Å². The molecule has 4 aliphatic carbocycles. The fourth-order valence-corrected chi connectivity index (χ4v) is 7.01. The van der Waals surface area contributed by atoms with Gasteiger partial charge in [0.2, 0.25) is 0 Å². The van der Waals surface area contributed by atoms with Crippen LogP contribution < -0.4 is 0 Å². The van der Waals surface area contributed by atoms with Gasteiger partial charge < -0.3 is 10.2 Å². The zero-order valence-corrected chi connectivity index (χ0v) is 12.0. The Labute approximate surface area is 123 Å². The summed E-state index contributed by atoms with van der Waals surface area (Å²) in [5.74, 6) is -0.230. The molecule has 0 amide bonds. The molecule has 6 fully saturated rings. The van der Waals surface area contributed by atoms with Gasteiger partial charge in [0.15, 0.2) is 11.5 Å². The average Bonchev–Trinajstić information content (AvgIpc) is 2.52. The van der Waals surface area contributed by atoms with Crippen LogP contribution in [0.15, 0.2) is 0 Å². The minimum atomic E-state index is -1.60. The highest BCUT2D eigenvalue weighted by atomic mass is 16.3. The van der Waals surface area contributed by atoms with E-state index in [0.29, 0.717) is 38.8 Å². The van der Waals surface area contributed by atoms with Crippen molar-refractivity contribution in [2.45, 2.75) is 50.4 Å². The van der Waals surface area contributed by atoms with Gasteiger partial charge in [0, 0.05) is 25.4 Å². The minimum Gasteiger partial charge on any atom is -0.392 e. The van der Waals surface area contributed by atoms with Gasteiger partial charge in [0.05, 0.1) is 16.9 Å². The lowest BCUT2D eigenvalue weighted by Crippen LogP contribution is -2.73. The topological polar surface area (TPSA) is 77.8 Å². The summed E-state index contributed by atoms with van der Waals surface area (Å²) in [6, 6.07) is 0. The molecule has 0 radical (unpaired) electrons. The second-order valence-electron chi connectivity index (χ2n) is 7.86. The zero-order chi connectivity index (χ0) is 14.6. The summed E-state index contributed by atoms with van der Waals surface area (Å²) in [7, 11) is 0. The van der Waals surface area contributed by atoms with Gasteiger partial charge in [-0.3, -0.25) is 14.5 Å². The van der Waals surface area contributed by atoms with Crippen molar-refractivity contribution in [1.29, 1.82) is 0 Å². The van der Waals surface area contributed by atoms with E-state index in [0.717, 1.165) is 12.8 Å². The summed E-state index contributed by atoms with van der Waals surface area (Å²) in [5, 5.41) is 22.3. The third-order valence-electron chi connectivity index (χ3n) is 7.52. The van der Waals surface area contributed by atoms with Crippen LogP contribution in [0.1, 0.15) is 38.5 Å². The van der Waals surface area contributed by atoms with E-state index < -0.39 is 22.7 Å². The van der Waals surface area contributed by atoms with E-state index in [1.54, 1.807) is 0 Å². The lowest BCUT2D eigenvalue weighted by Gasteiger charge is -2.62. The number of ketones is 2. The first-order valence-electron chi connectivity index (χ1n) is 8.21.